The van der Waals surface area contributed by atoms with Crippen molar-refractivity contribution in [1.82, 2.24) is 10.7 Å². The molecule has 0 bridgehead atoms. The van der Waals surface area contributed by atoms with E-state index in [0.717, 1.165) is 0 Å². The Kier molecular flexibility index (Phi) is 3.42. The van der Waals surface area contributed by atoms with Crippen molar-refractivity contribution in [3.8, 4) is 0 Å². The largest absolute Gasteiger partial charge is 0.369 e. The lowest BCUT2D eigenvalue weighted by Crippen LogP contribution is -2.54. The van der Waals surface area contributed by atoms with Crippen LogP contribution in [0.1, 0.15) is 6.92 Å². The molecule has 1 unspecified atom stereocenters. The fourth-order valence-corrected chi connectivity index (χ4v) is 0.663. The van der Waals surface area contributed by atoms with Crippen LogP contribution in [0.25, 0.3) is 0 Å². The van der Waals surface area contributed by atoms with E-state index < -0.39 is 0 Å². The Morgan fingerprint density at radius 2 is 2.20 bits per heavy atom. The van der Waals surface area contributed by atoms with Crippen molar-refractivity contribution in [1.29, 1.82) is 0 Å². The molecule has 58 valence electrons. The molecule has 1 aliphatic rings. The monoisotopic (exact) mass is 161 g/mol. The van der Waals surface area contributed by atoms with Gasteiger partial charge in [-0.1, -0.05) is 6.08 Å². The molecule has 10 heavy (non-hydrogen) atoms. The van der Waals surface area contributed by atoms with Crippen molar-refractivity contribution in [2.75, 3.05) is 0 Å². The van der Waals surface area contributed by atoms with Gasteiger partial charge in [-0.2, -0.15) is 0 Å². The lowest BCUT2D eigenvalue weighted by atomic mass is 10.1. The van der Waals surface area contributed by atoms with Gasteiger partial charge in [-0.3, -0.25) is 5.84 Å². The summed E-state index contributed by atoms with van der Waals surface area (Å²) in [6.45, 7) is 1.95. The van der Waals surface area contributed by atoms with E-state index in [0.29, 0.717) is 0 Å². The molecule has 1 heterocycles. The summed E-state index contributed by atoms with van der Waals surface area (Å²) in [4.78, 5) is 0. The topological polar surface area (TPSA) is 50.1 Å². The molecule has 1 rings (SSSR count). The van der Waals surface area contributed by atoms with Crippen LogP contribution in [0.5, 0.6) is 0 Å². The summed E-state index contributed by atoms with van der Waals surface area (Å²) < 4.78 is 0. The van der Waals surface area contributed by atoms with Crippen LogP contribution in [0.4, 0.5) is 0 Å². The van der Waals surface area contributed by atoms with Gasteiger partial charge in [-0.05, 0) is 25.3 Å². The molecular weight excluding hydrogens is 150 g/mol. The number of hydrogen-bond donors (Lipinski definition) is 3. The Morgan fingerprint density at radius 1 is 1.50 bits per heavy atom. The summed E-state index contributed by atoms with van der Waals surface area (Å²) in [6, 6.07) is 0. The Hall–Kier alpha value is -0.510. The summed E-state index contributed by atoms with van der Waals surface area (Å²) in [5.41, 5.74) is 2.36. The first-order valence-electron chi connectivity index (χ1n) is 2.87. The number of dihydropyridines is 1. The second kappa shape index (κ2) is 3.61. The molecule has 0 aromatic carbocycles. The average molecular weight is 162 g/mol. The van der Waals surface area contributed by atoms with Crippen molar-refractivity contribution in [2.24, 2.45) is 5.84 Å². The average Bonchev–Trinajstić information content (AvgIpc) is 1.90. The lowest BCUT2D eigenvalue weighted by molar-refractivity contribution is 0.400. The van der Waals surface area contributed by atoms with Crippen molar-refractivity contribution in [3.63, 3.8) is 0 Å². The standard InChI is InChI=1S/C6H11N3.ClH/c1-6(9-7)4-2-3-5-8-6;/h2-5,8-9H,7H2,1H3;1H. The third kappa shape index (κ3) is 2.02. The molecule has 0 aliphatic carbocycles. The van der Waals surface area contributed by atoms with Gasteiger partial charge in [0, 0.05) is 0 Å². The number of hydrazine groups is 1. The van der Waals surface area contributed by atoms with Gasteiger partial charge in [-0.25, -0.2) is 5.43 Å². The van der Waals surface area contributed by atoms with Crippen LogP contribution < -0.4 is 16.6 Å². The molecule has 0 aromatic heterocycles. The normalized spacial score (nSPS) is 29.0. The number of nitrogens with two attached hydrogens (primary N) is 1. The van der Waals surface area contributed by atoms with Crippen LogP contribution in [0.3, 0.4) is 0 Å². The minimum atomic E-state index is -0.269. The fraction of sp³-hybridized carbons (Fsp3) is 0.333. The van der Waals surface area contributed by atoms with Crippen LogP contribution in [0, 0.1) is 0 Å². The molecule has 4 heteroatoms. The summed E-state index contributed by atoms with van der Waals surface area (Å²) >= 11 is 0. The zero-order chi connectivity index (χ0) is 6.74. The predicted octanol–water partition coefficient (Wildman–Crippen LogP) is 0.261. The Labute approximate surface area is 66.7 Å². The molecule has 4 N–H and O–H groups in total. The molecule has 0 spiro atoms. The maximum atomic E-state index is 5.24. The Morgan fingerprint density at radius 3 is 2.50 bits per heavy atom. The molecule has 0 saturated heterocycles. The highest BCUT2D eigenvalue weighted by Crippen LogP contribution is 2.02. The SMILES string of the molecule is CC1(NN)C=CC=CN1.Cl. The van der Waals surface area contributed by atoms with Gasteiger partial charge < -0.3 is 5.32 Å². The van der Waals surface area contributed by atoms with Gasteiger partial charge in [0.25, 0.3) is 0 Å². The van der Waals surface area contributed by atoms with E-state index in [1.807, 2.05) is 31.4 Å². The molecule has 1 aliphatic heterocycles. The molecule has 1 atom stereocenters. The summed E-state index contributed by atoms with van der Waals surface area (Å²) in [6.07, 6.45) is 7.66. The highest BCUT2D eigenvalue weighted by Gasteiger charge is 2.16. The van der Waals surface area contributed by atoms with E-state index in [1.54, 1.807) is 0 Å². The second-order valence-corrected chi connectivity index (χ2v) is 2.21. The number of rotatable bonds is 1. The van der Waals surface area contributed by atoms with Crippen molar-refractivity contribution in [2.45, 2.75) is 12.6 Å². The number of allylic oxidation sites excluding steroid dienone is 2. The Bertz CT molecular complexity index is 155. The molecule has 0 saturated carbocycles. The van der Waals surface area contributed by atoms with Crippen LogP contribution in [-0.4, -0.2) is 5.66 Å². The van der Waals surface area contributed by atoms with E-state index >= 15 is 0 Å². The van der Waals surface area contributed by atoms with Gasteiger partial charge in [0.15, 0.2) is 0 Å². The number of nitrogens with one attached hydrogen (secondary N) is 2. The lowest BCUT2D eigenvalue weighted by Gasteiger charge is -2.27. The van der Waals surface area contributed by atoms with Gasteiger partial charge >= 0.3 is 0 Å². The van der Waals surface area contributed by atoms with E-state index in [2.05, 4.69) is 10.7 Å². The third-order valence-electron chi connectivity index (χ3n) is 1.32. The van der Waals surface area contributed by atoms with Gasteiger partial charge in [0.2, 0.25) is 0 Å². The fourth-order valence-electron chi connectivity index (χ4n) is 0.663. The molecule has 0 amide bonds. The summed E-state index contributed by atoms with van der Waals surface area (Å²) in [7, 11) is 0. The minimum Gasteiger partial charge on any atom is -0.369 e. The smallest absolute Gasteiger partial charge is 0.117 e. The highest BCUT2D eigenvalue weighted by atomic mass is 35.5. The summed E-state index contributed by atoms with van der Waals surface area (Å²) in [5.74, 6) is 5.24. The number of hydrogen-bond acceptors (Lipinski definition) is 3. The van der Waals surface area contributed by atoms with E-state index in [9.17, 15) is 0 Å². The van der Waals surface area contributed by atoms with E-state index in [4.69, 9.17) is 5.84 Å². The van der Waals surface area contributed by atoms with E-state index in [-0.39, 0.29) is 18.1 Å². The van der Waals surface area contributed by atoms with Gasteiger partial charge in [-0.15, -0.1) is 12.4 Å². The van der Waals surface area contributed by atoms with Crippen LogP contribution >= 0.6 is 12.4 Å². The maximum absolute atomic E-state index is 5.24. The van der Waals surface area contributed by atoms with Crippen molar-refractivity contribution < 1.29 is 0 Å². The van der Waals surface area contributed by atoms with Crippen molar-refractivity contribution >= 4 is 12.4 Å². The molecule has 0 fully saturated rings. The van der Waals surface area contributed by atoms with Gasteiger partial charge in [0.05, 0.1) is 0 Å². The highest BCUT2D eigenvalue weighted by molar-refractivity contribution is 5.85. The van der Waals surface area contributed by atoms with Crippen LogP contribution in [0.15, 0.2) is 24.4 Å². The quantitative estimate of drug-likeness (QED) is 0.382. The predicted molar refractivity (Wildman–Crippen MR) is 44.4 cm³/mol. The van der Waals surface area contributed by atoms with E-state index in [1.165, 1.54) is 0 Å². The molecule has 0 aromatic rings. The second-order valence-electron chi connectivity index (χ2n) is 2.21. The zero-order valence-corrected chi connectivity index (χ0v) is 6.61. The zero-order valence-electron chi connectivity index (χ0n) is 5.79. The minimum absolute atomic E-state index is 0. The maximum Gasteiger partial charge on any atom is 0.117 e. The molecule has 3 nitrogen and oxygen atoms in total. The first kappa shape index (κ1) is 9.49. The molecular formula is C6H12ClN3. The summed E-state index contributed by atoms with van der Waals surface area (Å²) in [5, 5.41) is 3.04. The molecule has 0 radical (unpaired) electrons. The van der Waals surface area contributed by atoms with Crippen LogP contribution in [-0.2, 0) is 0 Å². The van der Waals surface area contributed by atoms with Gasteiger partial charge in [0.1, 0.15) is 5.66 Å². The van der Waals surface area contributed by atoms with Crippen molar-refractivity contribution in [3.05, 3.63) is 24.4 Å². The Balaban J connectivity index is 0.000000810. The number of halogens is 1. The first-order chi connectivity index (χ1) is 4.27. The first-order valence-corrected chi connectivity index (χ1v) is 2.87. The third-order valence-corrected chi connectivity index (χ3v) is 1.32. The van der Waals surface area contributed by atoms with Crippen LogP contribution in [0.2, 0.25) is 0 Å².